The first kappa shape index (κ1) is 14.7. The van der Waals surface area contributed by atoms with Crippen molar-refractivity contribution in [3.63, 3.8) is 0 Å². The van der Waals surface area contributed by atoms with Gasteiger partial charge in [-0.05, 0) is 19.9 Å². The third kappa shape index (κ3) is 3.23. The SMILES string of the molecule is Cc1nc(Cl)cc(Oc2c(C)cc(Br)cc2[N+](=O)[O-])n1. The molecule has 0 atom stereocenters. The van der Waals surface area contributed by atoms with Gasteiger partial charge in [-0.3, -0.25) is 10.1 Å². The van der Waals surface area contributed by atoms with Crippen LogP contribution in [0.1, 0.15) is 11.4 Å². The number of nitro benzene ring substituents is 1. The Kier molecular flexibility index (Phi) is 4.20. The lowest BCUT2D eigenvalue weighted by molar-refractivity contribution is -0.385. The van der Waals surface area contributed by atoms with Crippen molar-refractivity contribution in [2.75, 3.05) is 0 Å². The number of rotatable bonds is 3. The summed E-state index contributed by atoms with van der Waals surface area (Å²) in [5.41, 5.74) is 0.461. The van der Waals surface area contributed by atoms with E-state index in [4.69, 9.17) is 16.3 Å². The molecule has 0 N–H and O–H groups in total. The van der Waals surface area contributed by atoms with Crippen LogP contribution < -0.4 is 4.74 Å². The molecule has 6 nitrogen and oxygen atoms in total. The van der Waals surface area contributed by atoms with Crippen molar-refractivity contribution in [3.05, 3.63) is 49.3 Å². The Morgan fingerprint density at radius 3 is 2.60 bits per heavy atom. The van der Waals surface area contributed by atoms with E-state index in [0.717, 1.165) is 0 Å². The van der Waals surface area contributed by atoms with Gasteiger partial charge in [-0.2, -0.15) is 4.98 Å². The van der Waals surface area contributed by atoms with Crippen molar-refractivity contribution in [2.24, 2.45) is 0 Å². The van der Waals surface area contributed by atoms with Gasteiger partial charge in [-0.15, -0.1) is 0 Å². The number of halogens is 2. The number of hydrogen-bond acceptors (Lipinski definition) is 5. The van der Waals surface area contributed by atoms with Crippen LogP contribution in [0, 0.1) is 24.0 Å². The summed E-state index contributed by atoms with van der Waals surface area (Å²) in [7, 11) is 0. The predicted molar refractivity (Wildman–Crippen MR) is 77.4 cm³/mol. The van der Waals surface area contributed by atoms with E-state index in [1.807, 2.05) is 0 Å². The van der Waals surface area contributed by atoms with E-state index >= 15 is 0 Å². The fourth-order valence-corrected chi connectivity index (χ4v) is 2.42. The van der Waals surface area contributed by atoms with E-state index in [1.165, 1.54) is 12.1 Å². The number of benzene rings is 1. The monoisotopic (exact) mass is 357 g/mol. The highest BCUT2D eigenvalue weighted by atomic mass is 79.9. The maximum Gasteiger partial charge on any atom is 0.313 e. The molecule has 0 bridgehead atoms. The van der Waals surface area contributed by atoms with E-state index in [9.17, 15) is 10.1 Å². The van der Waals surface area contributed by atoms with Crippen molar-refractivity contribution < 1.29 is 9.66 Å². The molecule has 0 fully saturated rings. The van der Waals surface area contributed by atoms with Gasteiger partial charge in [0, 0.05) is 22.2 Å². The van der Waals surface area contributed by atoms with E-state index in [2.05, 4.69) is 25.9 Å². The molecule has 0 aliphatic heterocycles. The van der Waals surface area contributed by atoms with Crippen LogP contribution in [0.3, 0.4) is 0 Å². The Bertz CT molecular complexity index is 674. The fraction of sp³-hybridized carbons (Fsp3) is 0.167. The number of nitro groups is 1. The summed E-state index contributed by atoms with van der Waals surface area (Å²) in [6, 6.07) is 4.50. The minimum Gasteiger partial charge on any atom is -0.431 e. The van der Waals surface area contributed by atoms with Crippen molar-refractivity contribution in [1.82, 2.24) is 9.97 Å². The van der Waals surface area contributed by atoms with Gasteiger partial charge in [0.15, 0.2) is 0 Å². The van der Waals surface area contributed by atoms with Crippen LogP contribution in [0.2, 0.25) is 5.15 Å². The van der Waals surface area contributed by atoms with E-state index in [1.54, 1.807) is 19.9 Å². The maximum absolute atomic E-state index is 11.1. The molecule has 2 aromatic rings. The molecule has 0 aliphatic carbocycles. The highest BCUT2D eigenvalue weighted by Crippen LogP contribution is 2.36. The number of aryl methyl sites for hydroxylation is 2. The third-order valence-electron chi connectivity index (χ3n) is 2.41. The summed E-state index contributed by atoms with van der Waals surface area (Å²) in [5.74, 6) is 0.716. The minimum absolute atomic E-state index is 0.132. The van der Waals surface area contributed by atoms with Gasteiger partial charge < -0.3 is 4.74 Å². The fourth-order valence-electron chi connectivity index (χ4n) is 1.64. The van der Waals surface area contributed by atoms with Gasteiger partial charge in [0.2, 0.25) is 11.6 Å². The maximum atomic E-state index is 11.1. The van der Waals surface area contributed by atoms with Gasteiger partial charge in [-0.25, -0.2) is 4.98 Å². The Hall–Kier alpha value is -1.73. The zero-order valence-electron chi connectivity index (χ0n) is 10.6. The third-order valence-corrected chi connectivity index (χ3v) is 3.06. The zero-order chi connectivity index (χ0) is 14.9. The van der Waals surface area contributed by atoms with E-state index in [-0.39, 0.29) is 22.5 Å². The van der Waals surface area contributed by atoms with Crippen molar-refractivity contribution in [2.45, 2.75) is 13.8 Å². The highest BCUT2D eigenvalue weighted by molar-refractivity contribution is 9.10. The molecular weight excluding hydrogens is 350 g/mol. The molecule has 0 spiro atoms. The Balaban J connectivity index is 2.50. The first-order chi connectivity index (χ1) is 9.36. The van der Waals surface area contributed by atoms with Gasteiger partial charge in [0.1, 0.15) is 11.0 Å². The average molecular weight is 359 g/mol. The average Bonchev–Trinajstić information content (AvgIpc) is 2.30. The lowest BCUT2D eigenvalue weighted by Crippen LogP contribution is -1.99. The molecule has 1 aromatic carbocycles. The zero-order valence-corrected chi connectivity index (χ0v) is 12.9. The summed E-state index contributed by atoms with van der Waals surface area (Å²) in [5, 5.41) is 11.3. The summed E-state index contributed by atoms with van der Waals surface area (Å²) in [6.07, 6.45) is 0. The van der Waals surface area contributed by atoms with Crippen LogP contribution >= 0.6 is 27.5 Å². The normalized spacial score (nSPS) is 10.4. The van der Waals surface area contributed by atoms with Gasteiger partial charge in [-0.1, -0.05) is 27.5 Å². The van der Waals surface area contributed by atoms with Gasteiger partial charge in [0.25, 0.3) is 0 Å². The molecule has 0 radical (unpaired) electrons. The summed E-state index contributed by atoms with van der Waals surface area (Å²) >= 11 is 9.03. The van der Waals surface area contributed by atoms with Crippen molar-refractivity contribution in [3.8, 4) is 11.6 Å². The summed E-state index contributed by atoms with van der Waals surface area (Å²) < 4.78 is 6.12. The van der Waals surface area contributed by atoms with Crippen LogP contribution in [0.25, 0.3) is 0 Å². The van der Waals surface area contributed by atoms with Crippen molar-refractivity contribution >= 4 is 33.2 Å². The molecule has 8 heteroatoms. The number of hydrogen-bond donors (Lipinski definition) is 0. The smallest absolute Gasteiger partial charge is 0.313 e. The molecule has 0 unspecified atom stereocenters. The molecule has 104 valence electrons. The minimum atomic E-state index is -0.511. The molecule has 2 rings (SSSR count). The summed E-state index contributed by atoms with van der Waals surface area (Å²) in [6.45, 7) is 3.37. The molecule has 1 aromatic heterocycles. The van der Waals surface area contributed by atoms with Crippen LogP contribution in [-0.4, -0.2) is 14.9 Å². The number of aromatic nitrogens is 2. The predicted octanol–water partition coefficient (Wildman–Crippen LogP) is 4.21. The second kappa shape index (κ2) is 5.72. The number of nitrogens with zero attached hydrogens (tertiary/aromatic N) is 3. The molecule has 1 heterocycles. The Morgan fingerprint density at radius 2 is 2.00 bits per heavy atom. The largest absolute Gasteiger partial charge is 0.431 e. The molecule has 0 saturated carbocycles. The van der Waals surface area contributed by atoms with Crippen LogP contribution in [-0.2, 0) is 0 Å². The first-order valence-electron chi connectivity index (χ1n) is 5.50. The molecule has 20 heavy (non-hydrogen) atoms. The Labute approximate surface area is 128 Å². The topological polar surface area (TPSA) is 78.2 Å². The van der Waals surface area contributed by atoms with Crippen LogP contribution in [0.5, 0.6) is 11.6 Å². The quantitative estimate of drug-likeness (QED) is 0.466. The number of ether oxygens (including phenoxy) is 1. The van der Waals surface area contributed by atoms with E-state index < -0.39 is 4.92 Å². The van der Waals surface area contributed by atoms with Crippen LogP contribution in [0.4, 0.5) is 5.69 Å². The summed E-state index contributed by atoms with van der Waals surface area (Å²) in [4.78, 5) is 18.5. The molecular formula is C12H9BrClN3O3. The second-order valence-electron chi connectivity index (χ2n) is 4.01. The standard InChI is InChI=1S/C12H9BrClN3O3/c1-6-3-8(13)4-9(17(18)19)12(6)20-11-5-10(14)15-7(2)16-11/h3-5H,1-2H3. The van der Waals surface area contributed by atoms with Crippen molar-refractivity contribution in [1.29, 1.82) is 0 Å². The highest BCUT2D eigenvalue weighted by Gasteiger charge is 2.20. The van der Waals surface area contributed by atoms with Crippen LogP contribution in [0.15, 0.2) is 22.7 Å². The molecule has 0 aliphatic rings. The molecule has 0 saturated heterocycles. The Morgan fingerprint density at radius 1 is 1.30 bits per heavy atom. The van der Waals surface area contributed by atoms with Gasteiger partial charge >= 0.3 is 5.69 Å². The van der Waals surface area contributed by atoms with E-state index in [0.29, 0.717) is 15.9 Å². The van der Waals surface area contributed by atoms with Gasteiger partial charge in [0.05, 0.1) is 4.92 Å². The second-order valence-corrected chi connectivity index (χ2v) is 5.31. The first-order valence-corrected chi connectivity index (χ1v) is 6.67. The lowest BCUT2D eigenvalue weighted by atomic mass is 10.2. The lowest BCUT2D eigenvalue weighted by Gasteiger charge is -2.09. The molecule has 0 amide bonds.